The van der Waals surface area contributed by atoms with Crippen molar-refractivity contribution in [1.29, 1.82) is 0 Å². The Morgan fingerprint density at radius 3 is 3.13 bits per heavy atom. The van der Waals surface area contributed by atoms with Gasteiger partial charge in [0.05, 0.1) is 5.69 Å². The zero-order chi connectivity index (χ0) is 11.1. The van der Waals surface area contributed by atoms with Crippen LogP contribution in [-0.2, 0) is 6.54 Å². The molecular weight excluding hydrogens is 212 g/mol. The van der Waals surface area contributed by atoms with Crippen LogP contribution in [0.4, 0.5) is 0 Å². The minimum Gasteiger partial charge on any atom is -0.476 e. The maximum atomic E-state index is 10.5. The number of aromatic nitrogens is 1. The van der Waals surface area contributed by atoms with E-state index < -0.39 is 5.97 Å². The molecule has 0 saturated heterocycles. The average Bonchev–Trinajstić information content (AvgIpc) is 2.66. The van der Waals surface area contributed by atoms with Crippen molar-refractivity contribution >= 4 is 17.3 Å². The lowest BCUT2D eigenvalue weighted by Crippen LogP contribution is -2.14. The van der Waals surface area contributed by atoms with E-state index in [9.17, 15) is 4.79 Å². The van der Waals surface area contributed by atoms with Crippen LogP contribution < -0.4 is 5.32 Å². The number of unbranched alkanes of at least 4 members (excludes halogenated alkanes) is 1. The number of hydrogen-bond donors (Lipinski definition) is 2. The SMILES string of the molecule is C#CCCCNCc1csc(C(=O)O)n1. The number of carboxylic acid groups (broad SMARTS) is 1. The Morgan fingerprint density at radius 2 is 2.53 bits per heavy atom. The summed E-state index contributed by atoms with van der Waals surface area (Å²) >= 11 is 1.14. The molecule has 0 spiro atoms. The first-order valence-electron chi connectivity index (χ1n) is 4.56. The van der Waals surface area contributed by atoms with Gasteiger partial charge in [-0.2, -0.15) is 0 Å². The molecule has 0 fully saturated rings. The van der Waals surface area contributed by atoms with Gasteiger partial charge in [-0.25, -0.2) is 9.78 Å². The number of nitrogens with one attached hydrogen (secondary N) is 1. The monoisotopic (exact) mass is 224 g/mol. The van der Waals surface area contributed by atoms with Crippen molar-refractivity contribution in [3.05, 3.63) is 16.1 Å². The largest absolute Gasteiger partial charge is 0.476 e. The third-order valence-electron chi connectivity index (χ3n) is 1.72. The lowest BCUT2D eigenvalue weighted by Gasteiger charge is -1.99. The predicted molar refractivity (Wildman–Crippen MR) is 58.8 cm³/mol. The summed E-state index contributed by atoms with van der Waals surface area (Å²) in [7, 11) is 0. The topological polar surface area (TPSA) is 62.2 Å². The Balaban J connectivity index is 2.26. The van der Waals surface area contributed by atoms with Crippen LogP contribution in [0.25, 0.3) is 0 Å². The third kappa shape index (κ3) is 4.11. The van der Waals surface area contributed by atoms with Crippen molar-refractivity contribution in [3.8, 4) is 12.3 Å². The molecule has 0 aliphatic carbocycles. The van der Waals surface area contributed by atoms with Crippen LogP contribution in [-0.4, -0.2) is 22.6 Å². The van der Waals surface area contributed by atoms with E-state index in [1.165, 1.54) is 0 Å². The molecule has 0 aliphatic heterocycles. The van der Waals surface area contributed by atoms with Crippen molar-refractivity contribution in [2.75, 3.05) is 6.54 Å². The molecule has 0 saturated carbocycles. The van der Waals surface area contributed by atoms with Crippen molar-refractivity contribution in [3.63, 3.8) is 0 Å². The first-order chi connectivity index (χ1) is 7.24. The lowest BCUT2D eigenvalue weighted by molar-refractivity contribution is 0.0696. The van der Waals surface area contributed by atoms with Crippen LogP contribution >= 0.6 is 11.3 Å². The molecule has 1 heterocycles. The highest BCUT2D eigenvalue weighted by Gasteiger charge is 2.07. The molecular formula is C10H12N2O2S. The van der Waals surface area contributed by atoms with Crippen LogP contribution in [0, 0.1) is 12.3 Å². The summed E-state index contributed by atoms with van der Waals surface area (Å²) in [4.78, 5) is 14.5. The Bertz CT molecular complexity index is 368. The number of hydrogen-bond acceptors (Lipinski definition) is 4. The van der Waals surface area contributed by atoms with Gasteiger partial charge in [-0.15, -0.1) is 23.7 Å². The Hall–Kier alpha value is -1.38. The van der Waals surface area contributed by atoms with Crippen molar-refractivity contribution < 1.29 is 9.90 Å². The number of rotatable bonds is 6. The lowest BCUT2D eigenvalue weighted by atomic mass is 10.3. The molecule has 0 radical (unpaired) electrons. The normalized spacial score (nSPS) is 9.80. The minimum absolute atomic E-state index is 0.135. The van der Waals surface area contributed by atoms with E-state index in [1.807, 2.05) is 0 Å². The second-order valence-electron chi connectivity index (χ2n) is 2.93. The zero-order valence-corrected chi connectivity index (χ0v) is 9.01. The van der Waals surface area contributed by atoms with E-state index in [4.69, 9.17) is 11.5 Å². The molecule has 0 unspecified atom stereocenters. The maximum absolute atomic E-state index is 10.5. The third-order valence-corrected chi connectivity index (χ3v) is 2.59. The second kappa shape index (κ2) is 6.17. The van der Waals surface area contributed by atoms with Crippen LogP contribution in [0.15, 0.2) is 5.38 Å². The molecule has 1 rings (SSSR count). The highest BCUT2D eigenvalue weighted by atomic mass is 32.1. The zero-order valence-electron chi connectivity index (χ0n) is 8.19. The maximum Gasteiger partial charge on any atom is 0.365 e. The van der Waals surface area contributed by atoms with E-state index in [0.29, 0.717) is 6.54 Å². The predicted octanol–water partition coefficient (Wildman–Crippen LogP) is 1.34. The summed E-state index contributed by atoms with van der Waals surface area (Å²) in [6.45, 7) is 1.42. The summed E-state index contributed by atoms with van der Waals surface area (Å²) in [6.07, 6.45) is 6.78. The standard InChI is InChI=1S/C10H12N2O2S/c1-2-3-4-5-11-6-8-7-15-9(12-8)10(13)14/h1,7,11H,3-6H2,(H,13,14). The summed E-state index contributed by atoms with van der Waals surface area (Å²) in [5.74, 6) is 1.58. The van der Waals surface area contributed by atoms with Crippen molar-refractivity contribution in [2.45, 2.75) is 19.4 Å². The molecule has 0 aliphatic rings. The summed E-state index contributed by atoms with van der Waals surface area (Å²) in [5, 5.41) is 13.7. The van der Waals surface area contributed by atoms with E-state index in [2.05, 4.69) is 16.2 Å². The van der Waals surface area contributed by atoms with Gasteiger partial charge >= 0.3 is 5.97 Å². The molecule has 1 aromatic heterocycles. The molecule has 0 amide bonds. The quantitative estimate of drug-likeness (QED) is 0.565. The minimum atomic E-state index is -0.974. The molecule has 0 aromatic carbocycles. The van der Waals surface area contributed by atoms with Crippen molar-refractivity contribution in [2.24, 2.45) is 0 Å². The number of terminal acetylenes is 1. The highest BCUT2D eigenvalue weighted by Crippen LogP contribution is 2.09. The van der Waals surface area contributed by atoms with Gasteiger partial charge in [0.2, 0.25) is 5.01 Å². The van der Waals surface area contributed by atoms with Gasteiger partial charge in [0.15, 0.2) is 0 Å². The summed E-state index contributed by atoms with van der Waals surface area (Å²) < 4.78 is 0. The molecule has 15 heavy (non-hydrogen) atoms. The molecule has 2 N–H and O–H groups in total. The Labute approximate surface area is 92.4 Å². The summed E-state index contributed by atoms with van der Waals surface area (Å²) in [5.41, 5.74) is 0.762. The van der Waals surface area contributed by atoms with E-state index >= 15 is 0 Å². The second-order valence-corrected chi connectivity index (χ2v) is 3.79. The number of nitrogens with zero attached hydrogens (tertiary/aromatic N) is 1. The molecule has 5 heteroatoms. The van der Waals surface area contributed by atoms with Gasteiger partial charge < -0.3 is 10.4 Å². The van der Waals surface area contributed by atoms with E-state index in [-0.39, 0.29) is 5.01 Å². The van der Waals surface area contributed by atoms with E-state index in [1.54, 1.807) is 5.38 Å². The van der Waals surface area contributed by atoms with Gasteiger partial charge in [0.25, 0.3) is 0 Å². The summed E-state index contributed by atoms with van der Waals surface area (Å²) in [6, 6.07) is 0. The van der Waals surface area contributed by atoms with E-state index in [0.717, 1.165) is 36.4 Å². The number of carbonyl (C=O) groups is 1. The van der Waals surface area contributed by atoms with Gasteiger partial charge in [0.1, 0.15) is 0 Å². The van der Waals surface area contributed by atoms with Gasteiger partial charge in [-0.1, -0.05) is 0 Å². The smallest absolute Gasteiger partial charge is 0.365 e. The number of aromatic carboxylic acids is 1. The molecule has 0 atom stereocenters. The fourth-order valence-corrected chi connectivity index (χ4v) is 1.67. The van der Waals surface area contributed by atoms with Gasteiger partial charge in [-0.3, -0.25) is 0 Å². The fourth-order valence-electron chi connectivity index (χ4n) is 1.02. The van der Waals surface area contributed by atoms with Crippen LogP contribution in [0.5, 0.6) is 0 Å². The van der Waals surface area contributed by atoms with Crippen LogP contribution in [0.2, 0.25) is 0 Å². The molecule has 4 nitrogen and oxygen atoms in total. The average molecular weight is 224 g/mol. The number of thiazole rings is 1. The first-order valence-corrected chi connectivity index (χ1v) is 5.44. The number of carboxylic acids is 1. The molecule has 0 bridgehead atoms. The highest BCUT2D eigenvalue weighted by molar-refractivity contribution is 7.11. The van der Waals surface area contributed by atoms with Gasteiger partial charge in [-0.05, 0) is 13.0 Å². The van der Waals surface area contributed by atoms with Crippen molar-refractivity contribution in [1.82, 2.24) is 10.3 Å². The molecule has 80 valence electrons. The fraction of sp³-hybridized carbons (Fsp3) is 0.400. The Morgan fingerprint density at radius 1 is 1.73 bits per heavy atom. The molecule has 1 aromatic rings. The van der Waals surface area contributed by atoms with Crippen LogP contribution in [0.3, 0.4) is 0 Å². The Kier molecular flexibility index (Phi) is 4.81. The van der Waals surface area contributed by atoms with Crippen LogP contribution in [0.1, 0.15) is 28.3 Å². The first kappa shape index (κ1) is 11.7. The van der Waals surface area contributed by atoms with Gasteiger partial charge in [0, 0.05) is 18.3 Å².